The molecule has 4 aromatic rings. The summed E-state index contributed by atoms with van der Waals surface area (Å²) in [6.07, 6.45) is 1.76. The van der Waals surface area contributed by atoms with Gasteiger partial charge in [-0.05, 0) is 24.6 Å². The number of methoxy groups -OCH3 is 2. The fraction of sp³-hybridized carbons (Fsp3) is 0.185. The second-order valence-electron chi connectivity index (χ2n) is 7.98. The van der Waals surface area contributed by atoms with Gasteiger partial charge in [0.1, 0.15) is 16.3 Å². The van der Waals surface area contributed by atoms with Gasteiger partial charge < -0.3 is 14.8 Å². The molecule has 0 atom stereocenters. The van der Waals surface area contributed by atoms with Crippen LogP contribution in [0.4, 0.5) is 5.00 Å². The molecule has 4 rings (SSSR count). The third-order valence-electron chi connectivity index (χ3n) is 5.51. The fourth-order valence-electron chi connectivity index (χ4n) is 3.64. The molecule has 1 N–H and O–H groups in total. The first-order chi connectivity index (χ1) is 17.9. The number of aromatic nitrogens is 3. The Morgan fingerprint density at radius 3 is 2.43 bits per heavy atom. The molecule has 0 aliphatic carbocycles. The summed E-state index contributed by atoms with van der Waals surface area (Å²) in [6.45, 7) is 6.36. The minimum Gasteiger partial charge on any atom is -0.497 e. The Hall–Kier alpha value is -3.89. The van der Waals surface area contributed by atoms with Crippen LogP contribution in [-0.2, 0) is 16.1 Å². The van der Waals surface area contributed by atoms with Crippen molar-refractivity contribution in [3.05, 3.63) is 77.7 Å². The van der Waals surface area contributed by atoms with E-state index in [1.807, 2.05) is 65.4 Å². The highest BCUT2D eigenvalue weighted by Crippen LogP contribution is 2.37. The summed E-state index contributed by atoms with van der Waals surface area (Å²) in [7, 11) is 2.91. The summed E-state index contributed by atoms with van der Waals surface area (Å²) in [5.41, 5.74) is 3.89. The molecule has 0 radical (unpaired) electrons. The van der Waals surface area contributed by atoms with Gasteiger partial charge in [-0.15, -0.1) is 28.1 Å². The maximum Gasteiger partial charge on any atom is 0.341 e. The van der Waals surface area contributed by atoms with Gasteiger partial charge in [0.25, 0.3) is 0 Å². The van der Waals surface area contributed by atoms with Gasteiger partial charge in [0, 0.05) is 23.1 Å². The minimum atomic E-state index is -0.525. The van der Waals surface area contributed by atoms with Crippen molar-refractivity contribution in [3.8, 4) is 28.3 Å². The number of nitrogens with one attached hydrogen (secondary N) is 1. The molecule has 0 aliphatic rings. The van der Waals surface area contributed by atoms with E-state index in [0.717, 1.165) is 16.7 Å². The molecular formula is C27H26N4O4S2. The van der Waals surface area contributed by atoms with E-state index in [9.17, 15) is 9.59 Å². The van der Waals surface area contributed by atoms with Crippen molar-refractivity contribution in [2.45, 2.75) is 18.6 Å². The topological polar surface area (TPSA) is 95.3 Å². The van der Waals surface area contributed by atoms with Gasteiger partial charge in [0.05, 0.1) is 20.0 Å². The molecule has 0 saturated heterocycles. The Morgan fingerprint density at radius 1 is 1.08 bits per heavy atom. The zero-order valence-electron chi connectivity index (χ0n) is 20.7. The molecule has 1 amide bonds. The number of carbonyl (C=O) groups excluding carboxylic acids is 2. The molecule has 0 fully saturated rings. The van der Waals surface area contributed by atoms with Crippen molar-refractivity contribution in [3.63, 3.8) is 0 Å². The molecule has 0 aliphatic heterocycles. The first-order valence-electron chi connectivity index (χ1n) is 11.3. The van der Waals surface area contributed by atoms with E-state index < -0.39 is 5.97 Å². The van der Waals surface area contributed by atoms with Crippen molar-refractivity contribution in [1.82, 2.24) is 14.8 Å². The Kier molecular flexibility index (Phi) is 8.42. The Balaban J connectivity index is 1.51. The molecule has 37 heavy (non-hydrogen) atoms. The third-order valence-corrected chi connectivity index (χ3v) is 7.37. The standard InChI is InChI=1S/C27H26N4O4S2/c1-5-14-31-24(19-8-6-17(2)7-9-19)29-30-27(31)37-16-22(32)28-25-23(26(33)35-4)21(15-36-25)18-10-12-20(34-3)13-11-18/h5-13,15H,1,14,16H2,2-4H3,(H,28,32). The molecule has 2 aromatic heterocycles. The Bertz CT molecular complexity index is 1410. The smallest absolute Gasteiger partial charge is 0.341 e. The largest absolute Gasteiger partial charge is 0.497 e. The zero-order valence-corrected chi connectivity index (χ0v) is 22.3. The summed E-state index contributed by atoms with van der Waals surface area (Å²) in [4.78, 5) is 25.5. The van der Waals surface area contributed by atoms with Gasteiger partial charge in [-0.3, -0.25) is 9.36 Å². The molecule has 10 heteroatoms. The van der Waals surface area contributed by atoms with Gasteiger partial charge in [-0.2, -0.15) is 0 Å². The van der Waals surface area contributed by atoms with E-state index in [1.54, 1.807) is 13.2 Å². The number of carbonyl (C=O) groups is 2. The number of aryl methyl sites for hydroxylation is 1. The van der Waals surface area contributed by atoms with E-state index in [1.165, 1.54) is 30.2 Å². The van der Waals surface area contributed by atoms with Gasteiger partial charge in [-0.25, -0.2) is 4.79 Å². The number of anilines is 1. The average molecular weight is 535 g/mol. The van der Waals surface area contributed by atoms with E-state index in [-0.39, 0.29) is 11.7 Å². The SMILES string of the molecule is C=CCn1c(SCC(=O)Nc2scc(-c3ccc(OC)cc3)c2C(=O)OC)nnc1-c1ccc(C)cc1. The van der Waals surface area contributed by atoms with Crippen LogP contribution >= 0.6 is 23.1 Å². The van der Waals surface area contributed by atoms with Crippen molar-refractivity contribution in [2.75, 3.05) is 25.3 Å². The molecule has 0 bridgehead atoms. The number of thiophene rings is 1. The lowest BCUT2D eigenvalue weighted by Crippen LogP contribution is -2.16. The van der Waals surface area contributed by atoms with Crippen LogP contribution in [0, 0.1) is 6.92 Å². The van der Waals surface area contributed by atoms with Crippen LogP contribution in [0.2, 0.25) is 0 Å². The number of nitrogens with zero attached hydrogens (tertiary/aromatic N) is 3. The number of hydrogen-bond acceptors (Lipinski definition) is 8. The van der Waals surface area contributed by atoms with Gasteiger partial charge in [0.15, 0.2) is 11.0 Å². The van der Waals surface area contributed by atoms with E-state index in [4.69, 9.17) is 9.47 Å². The Labute approximate surface area is 223 Å². The normalized spacial score (nSPS) is 10.7. The van der Waals surface area contributed by atoms with Crippen LogP contribution < -0.4 is 10.1 Å². The van der Waals surface area contributed by atoms with E-state index in [0.29, 0.717) is 39.4 Å². The fourth-order valence-corrected chi connectivity index (χ4v) is 5.36. The number of benzene rings is 2. The van der Waals surface area contributed by atoms with Gasteiger partial charge in [0.2, 0.25) is 5.91 Å². The number of thioether (sulfide) groups is 1. The highest BCUT2D eigenvalue weighted by molar-refractivity contribution is 7.99. The third kappa shape index (κ3) is 5.92. The molecule has 8 nitrogen and oxygen atoms in total. The van der Waals surface area contributed by atoms with Crippen LogP contribution in [0.1, 0.15) is 15.9 Å². The summed E-state index contributed by atoms with van der Waals surface area (Å²) >= 11 is 2.53. The maximum atomic E-state index is 12.9. The van der Waals surface area contributed by atoms with E-state index >= 15 is 0 Å². The summed E-state index contributed by atoms with van der Waals surface area (Å²) < 4.78 is 12.1. The first kappa shape index (κ1) is 26.2. The van der Waals surface area contributed by atoms with Gasteiger partial charge in [-0.1, -0.05) is 59.8 Å². The van der Waals surface area contributed by atoms with Crippen molar-refractivity contribution in [2.24, 2.45) is 0 Å². The van der Waals surface area contributed by atoms with E-state index in [2.05, 4.69) is 22.1 Å². The number of allylic oxidation sites excluding steroid dienone is 1. The lowest BCUT2D eigenvalue weighted by Gasteiger charge is -2.09. The Morgan fingerprint density at radius 2 is 1.78 bits per heavy atom. The average Bonchev–Trinajstić information content (AvgIpc) is 3.52. The predicted octanol–water partition coefficient (Wildman–Crippen LogP) is 5.69. The summed E-state index contributed by atoms with van der Waals surface area (Å²) in [6, 6.07) is 15.3. The maximum absolute atomic E-state index is 12.9. The monoisotopic (exact) mass is 534 g/mol. The lowest BCUT2D eigenvalue weighted by molar-refractivity contribution is -0.113. The van der Waals surface area contributed by atoms with Crippen molar-refractivity contribution < 1.29 is 19.1 Å². The van der Waals surface area contributed by atoms with Crippen molar-refractivity contribution >= 4 is 40.0 Å². The predicted molar refractivity (Wildman–Crippen MR) is 147 cm³/mol. The number of rotatable bonds is 10. The second-order valence-corrected chi connectivity index (χ2v) is 9.80. The molecular weight excluding hydrogens is 508 g/mol. The quantitative estimate of drug-likeness (QED) is 0.159. The highest BCUT2D eigenvalue weighted by Gasteiger charge is 2.23. The second kappa shape index (κ2) is 11.9. The molecule has 2 aromatic carbocycles. The van der Waals surface area contributed by atoms with Crippen molar-refractivity contribution in [1.29, 1.82) is 0 Å². The van der Waals surface area contributed by atoms with Crippen LogP contribution in [0.15, 0.2) is 71.7 Å². The van der Waals surface area contributed by atoms with Gasteiger partial charge >= 0.3 is 5.97 Å². The zero-order chi connectivity index (χ0) is 26.4. The summed E-state index contributed by atoms with van der Waals surface area (Å²) in [5.74, 6) is 0.698. The van der Waals surface area contributed by atoms with Crippen LogP contribution in [0.3, 0.4) is 0 Å². The first-order valence-corrected chi connectivity index (χ1v) is 13.2. The molecule has 190 valence electrons. The van der Waals surface area contributed by atoms with Crippen LogP contribution in [0.5, 0.6) is 5.75 Å². The molecule has 2 heterocycles. The summed E-state index contributed by atoms with van der Waals surface area (Å²) in [5, 5.41) is 14.3. The molecule has 0 spiro atoms. The molecule has 0 unspecified atom stereocenters. The lowest BCUT2D eigenvalue weighted by atomic mass is 10.0. The van der Waals surface area contributed by atoms with Crippen LogP contribution in [0.25, 0.3) is 22.5 Å². The number of amides is 1. The molecule has 0 saturated carbocycles. The highest BCUT2D eigenvalue weighted by atomic mass is 32.2. The minimum absolute atomic E-state index is 0.0829. The van der Waals surface area contributed by atoms with Crippen LogP contribution in [-0.4, -0.2) is 46.6 Å². The number of ether oxygens (including phenoxy) is 2. The number of hydrogen-bond donors (Lipinski definition) is 1. The number of esters is 1.